The molecule has 0 aliphatic carbocycles. The molecule has 3 heterocycles. The van der Waals surface area contributed by atoms with Crippen LogP contribution in [0.25, 0.3) is 10.4 Å². The van der Waals surface area contributed by atoms with Gasteiger partial charge in [0.05, 0.1) is 0 Å². The van der Waals surface area contributed by atoms with Gasteiger partial charge in [0.1, 0.15) is 10.6 Å². The van der Waals surface area contributed by atoms with Gasteiger partial charge >= 0.3 is 5.97 Å². The number of hydrogen-bond donors (Lipinski definition) is 1. The van der Waals surface area contributed by atoms with Gasteiger partial charge in [-0.2, -0.15) is 0 Å². The van der Waals surface area contributed by atoms with Crippen LogP contribution >= 0.6 is 22.9 Å². The molecule has 1 amide bonds. The number of Topliss-reactive ketones (excluding diaryl/α,β-unsaturated/α-hetero) is 1. The Kier molecular flexibility index (Phi) is 6.01. The molecule has 1 N–H and O–H groups in total. The maximum absolute atomic E-state index is 12.4. The molecule has 3 aromatic rings. The molecule has 0 spiro atoms. The van der Waals surface area contributed by atoms with Gasteiger partial charge in [0.2, 0.25) is 5.78 Å². The Morgan fingerprint density at radius 1 is 1.07 bits per heavy atom. The van der Waals surface area contributed by atoms with Crippen LogP contribution in [0.3, 0.4) is 0 Å². The van der Waals surface area contributed by atoms with Gasteiger partial charge in [0.15, 0.2) is 6.61 Å². The molecule has 1 aliphatic heterocycles. The zero-order chi connectivity index (χ0) is 21.1. The number of aromatic amines is 1. The number of aromatic nitrogens is 1. The van der Waals surface area contributed by atoms with Crippen molar-refractivity contribution in [3.63, 3.8) is 0 Å². The summed E-state index contributed by atoms with van der Waals surface area (Å²) in [5.41, 5.74) is 1.64. The minimum Gasteiger partial charge on any atom is -0.453 e. The highest BCUT2D eigenvalue weighted by Crippen LogP contribution is 2.29. The normalized spacial score (nSPS) is 13.4. The molecule has 0 atom stereocenters. The molecular weight excluding hydrogens is 424 g/mol. The average molecular weight is 443 g/mol. The molecule has 0 saturated carbocycles. The van der Waals surface area contributed by atoms with Gasteiger partial charge in [-0.3, -0.25) is 9.59 Å². The number of carbonyl (C=O) groups excluding carboxylic acids is 3. The van der Waals surface area contributed by atoms with E-state index in [-0.39, 0.29) is 18.3 Å². The quantitative estimate of drug-likeness (QED) is 0.444. The Hall–Kier alpha value is -2.90. The lowest BCUT2D eigenvalue weighted by molar-refractivity contribution is 0.0479. The summed E-state index contributed by atoms with van der Waals surface area (Å²) in [6, 6.07) is 12.3. The second-order valence-electron chi connectivity index (χ2n) is 6.97. The second kappa shape index (κ2) is 8.85. The lowest BCUT2D eigenvalue weighted by atomic mass is 10.2. The topological polar surface area (TPSA) is 79.5 Å². The summed E-state index contributed by atoms with van der Waals surface area (Å²) in [5, 5.41) is 0.642. The van der Waals surface area contributed by atoms with Gasteiger partial charge in [-0.15, -0.1) is 11.3 Å². The number of ether oxygens (including phenoxy) is 1. The molecule has 4 rings (SSSR count). The number of ketones is 1. The molecule has 0 radical (unpaired) electrons. The standard InChI is InChI=1S/C22H19ClN2O4S/c23-16-5-3-14(4-6-16)19-7-8-20(30-19)22(28)29-13-18(26)15-11-17(24-12-15)21(27)25-9-1-2-10-25/h3-8,11-12,24H,1-2,9-10,13H2. The number of rotatable bonds is 6. The highest BCUT2D eigenvalue weighted by Gasteiger charge is 2.22. The van der Waals surface area contributed by atoms with E-state index in [0.29, 0.717) is 21.2 Å². The maximum Gasteiger partial charge on any atom is 0.348 e. The van der Waals surface area contributed by atoms with E-state index in [9.17, 15) is 14.4 Å². The van der Waals surface area contributed by atoms with Crippen LogP contribution < -0.4 is 0 Å². The molecule has 2 aromatic heterocycles. The van der Waals surface area contributed by atoms with Crippen LogP contribution in [0.5, 0.6) is 0 Å². The fourth-order valence-electron chi connectivity index (χ4n) is 3.27. The van der Waals surface area contributed by atoms with Crippen molar-refractivity contribution < 1.29 is 19.1 Å². The largest absolute Gasteiger partial charge is 0.453 e. The van der Waals surface area contributed by atoms with Crippen molar-refractivity contribution in [3.8, 4) is 10.4 Å². The number of halogens is 1. The van der Waals surface area contributed by atoms with Gasteiger partial charge in [-0.1, -0.05) is 23.7 Å². The highest BCUT2D eigenvalue weighted by atomic mass is 35.5. The zero-order valence-corrected chi connectivity index (χ0v) is 17.6. The molecular formula is C22H19ClN2O4S. The fourth-order valence-corrected chi connectivity index (χ4v) is 4.30. The molecule has 1 aromatic carbocycles. The molecule has 0 unspecified atom stereocenters. The van der Waals surface area contributed by atoms with Crippen molar-refractivity contribution in [1.82, 2.24) is 9.88 Å². The average Bonchev–Trinajstić information content (AvgIpc) is 3.53. The zero-order valence-electron chi connectivity index (χ0n) is 16.0. The minimum atomic E-state index is -0.558. The van der Waals surface area contributed by atoms with Crippen LogP contribution in [0.2, 0.25) is 5.02 Å². The number of carbonyl (C=O) groups is 3. The Labute approximate surface area is 182 Å². The Morgan fingerprint density at radius 2 is 1.80 bits per heavy atom. The van der Waals surface area contributed by atoms with Crippen LogP contribution in [0.1, 0.15) is 43.4 Å². The van der Waals surface area contributed by atoms with E-state index >= 15 is 0 Å². The van der Waals surface area contributed by atoms with E-state index in [1.807, 2.05) is 18.2 Å². The third-order valence-electron chi connectivity index (χ3n) is 4.90. The van der Waals surface area contributed by atoms with Gasteiger partial charge in [-0.05, 0) is 48.7 Å². The minimum absolute atomic E-state index is 0.114. The molecule has 154 valence electrons. The molecule has 0 bridgehead atoms. The Morgan fingerprint density at radius 3 is 2.53 bits per heavy atom. The third kappa shape index (κ3) is 4.47. The van der Waals surface area contributed by atoms with Crippen LogP contribution in [0, 0.1) is 0 Å². The summed E-state index contributed by atoms with van der Waals surface area (Å²) in [7, 11) is 0. The summed E-state index contributed by atoms with van der Waals surface area (Å²) in [6.07, 6.45) is 3.47. The number of benzene rings is 1. The predicted molar refractivity (Wildman–Crippen MR) is 115 cm³/mol. The predicted octanol–water partition coefficient (Wildman–Crippen LogP) is 4.67. The number of hydrogen-bond acceptors (Lipinski definition) is 5. The van der Waals surface area contributed by atoms with E-state index < -0.39 is 5.97 Å². The van der Waals surface area contributed by atoms with Crippen LogP contribution in [0.4, 0.5) is 0 Å². The summed E-state index contributed by atoms with van der Waals surface area (Å²) < 4.78 is 5.17. The first kappa shape index (κ1) is 20.4. The first-order chi connectivity index (χ1) is 14.5. The highest BCUT2D eigenvalue weighted by molar-refractivity contribution is 7.17. The Balaban J connectivity index is 1.34. The lowest BCUT2D eigenvalue weighted by Gasteiger charge is -2.13. The van der Waals surface area contributed by atoms with Crippen molar-refractivity contribution in [2.24, 2.45) is 0 Å². The Bertz CT molecular complexity index is 1080. The van der Waals surface area contributed by atoms with Gasteiger partial charge in [0, 0.05) is 34.7 Å². The maximum atomic E-state index is 12.4. The summed E-state index contributed by atoms with van der Waals surface area (Å²) in [5.74, 6) is -1.04. The summed E-state index contributed by atoms with van der Waals surface area (Å²) in [4.78, 5) is 43.0. The van der Waals surface area contributed by atoms with E-state index in [1.54, 1.807) is 23.1 Å². The van der Waals surface area contributed by atoms with Crippen molar-refractivity contribution >= 4 is 40.6 Å². The number of esters is 1. The number of H-pyrrole nitrogens is 1. The smallest absolute Gasteiger partial charge is 0.348 e. The van der Waals surface area contributed by atoms with Gasteiger partial charge in [-0.25, -0.2) is 4.79 Å². The number of likely N-dealkylation sites (tertiary alicyclic amines) is 1. The molecule has 1 fully saturated rings. The molecule has 1 aliphatic rings. The van der Waals surface area contributed by atoms with Crippen molar-refractivity contribution in [2.75, 3.05) is 19.7 Å². The number of nitrogens with one attached hydrogen (secondary N) is 1. The van der Waals surface area contributed by atoms with Crippen molar-refractivity contribution in [1.29, 1.82) is 0 Å². The number of thiophene rings is 1. The van der Waals surface area contributed by atoms with Gasteiger partial charge < -0.3 is 14.6 Å². The number of amides is 1. The van der Waals surface area contributed by atoms with E-state index in [1.165, 1.54) is 23.6 Å². The first-order valence-electron chi connectivity index (χ1n) is 9.55. The van der Waals surface area contributed by atoms with E-state index in [0.717, 1.165) is 36.4 Å². The monoisotopic (exact) mass is 442 g/mol. The van der Waals surface area contributed by atoms with Crippen LogP contribution in [-0.2, 0) is 4.74 Å². The van der Waals surface area contributed by atoms with E-state index in [4.69, 9.17) is 16.3 Å². The fraction of sp³-hybridized carbons (Fsp3) is 0.227. The van der Waals surface area contributed by atoms with Crippen LogP contribution in [-0.4, -0.2) is 47.2 Å². The van der Waals surface area contributed by atoms with E-state index in [2.05, 4.69) is 4.98 Å². The molecule has 1 saturated heterocycles. The summed E-state index contributed by atoms with van der Waals surface area (Å²) in [6.45, 7) is 1.08. The third-order valence-corrected chi connectivity index (χ3v) is 6.27. The van der Waals surface area contributed by atoms with Crippen molar-refractivity contribution in [3.05, 3.63) is 69.8 Å². The first-order valence-corrected chi connectivity index (χ1v) is 10.7. The van der Waals surface area contributed by atoms with Gasteiger partial charge in [0.25, 0.3) is 5.91 Å². The lowest BCUT2D eigenvalue weighted by Crippen LogP contribution is -2.27. The summed E-state index contributed by atoms with van der Waals surface area (Å²) >= 11 is 7.19. The molecule has 30 heavy (non-hydrogen) atoms. The molecule has 8 heteroatoms. The number of nitrogens with zero attached hydrogens (tertiary/aromatic N) is 1. The SMILES string of the molecule is O=C(COC(=O)c1ccc(-c2ccc(Cl)cc2)s1)c1c[nH]c(C(=O)N2CCCC2)c1. The second-order valence-corrected chi connectivity index (χ2v) is 8.49. The molecule has 6 nitrogen and oxygen atoms in total. The van der Waals surface area contributed by atoms with Crippen molar-refractivity contribution in [2.45, 2.75) is 12.8 Å². The van der Waals surface area contributed by atoms with Crippen LogP contribution in [0.15, 0.2) is 48.7 Å².